The summed E-state index contributed by atoms with van der Waals surface area (Å²) in [6.07, 6.45) is 0. The van der Waals surface area contributed by atoms with Gasteiger partial charge >= 0.3 is 6.03 Å². The molecule has 0 aliphatic rings. The number of hydrogen-bond donors (Lipinski definition) is 3. The molecule has 0 saturated carbocycles. The molecule has 60 valence electrons. The van der Waals surface area contributed by atoms with Gasteiger partial charge < -0.3 is 16.8 Å². The third-order valence-electron chi connectivity index (χ3n) is 0.808. The molecule has 0 atom stereocenters. The fraction of sp³-hybridized carbons (Fsp3) is 0.800. The standard InChI is InChI=1S/C5H13N3OS/c6-1-3-10-4-2-8-5(7)9/h1-4,6H2,(H3,7,8,9). The molecule has 0 aliphatic carbocycles. The van der Waals surface area contributed by atoms with Crippen LogP contribution in [0, 0.1) is 0 Å². The highest BCUT2D eigenvalue weighted by molar-refractivity contribution is 7.99. The predicted molar refractivity (Wildman–Crippen MR) is 44.0 cm³/mol. The van der Waals surface area contributed by atoms with Gasteiger partial charge in [-0.3, -0.25) is 0 Å². The number of urea groups is 1. The Balaban J connectivity index is 2.84. The fourth-order valence-electron chi connectivity index (χ4n) is 0.432. The molecule has 0 bridgehead atoms. The molecule has 0 spiro atoms. The molecule has 0 unspecified atom stereocenters. The maximum Gasteiger partial charge on any atom is 0.312 e. The molecule has 0 aliphatic heterocycles. The second-order valence-electron chi connectivity index (χ2n) is 1.69. The van der Waals surface area contributed by atoms with Crippen molar-refractivity contribution in [2.24, 2.45) is 11.5 Å². The van der Waals surface area contributed by atoms with E-state index >= 15 is 0 Å². The Hall–Kier alpha value is -0.420. The minimum Gasteiger partial charge on any atom is -0.352 e. The van der Waals surface area contributed by atoms with E-state index in [-0.39, 0.29) is 0 Å². The zero-order valence-electron chi connectivity index (χ0n) is 5.80. The third kappa shape index (κ3) is 7.58. The van der Waals surface area contributed by atoms with Gasteiger partial charge in [0.05, 0.1) is 0 Å². The molecule has 0 rings (SSSR count). The summed E-state index contributed by atoms with van der Waals surface area (Å²) in [5, 5.41) is 2.48. The number of thioether (sulfide) groups is 1. The van der Waals surface area contributed by atoms with Gasteiger partial charge in [-0.2, -0.15) is 11.8 Å². The number of rotatable bonds is 5. The van der Waals surface area contributed by atoms with E-state index in [0.717, 1.165) is 11.5 Å². The van der Waals surface area contributed by atoms with Crippen molar-refractivity contribution in [1.82, 2.24) is 5.32 Å². The van der Waals surface area contributed by atoms with Crippen LogP contribution in [0.3, 0.4) is 0 Å². The molecule has 0 fully saturated rings. The molecule has 0 aromatic rings. The molecule has 5 N–H and O–H groups in total. The smallest absolute Gasteiger partial charge is 0.312 e. The summed E-state index contributed by atoms with van der Waals surface area (Å²) in [5.74, 6) is 1.81. The van der Waals surface area contributed by atoms with Crippen molar-refractivity contribution in [2.45, 2.75) is 0 Å². The second kappa shape index (κ2) is 6.70. The van der Waals surface area contributed by atoms with Crippen molar-refractivity contribution in [3.63, 3.8) is 0 Å². The molecule has 0 heterocycles. The zero-order chi connectivity index (χ0) is 7.82. The lowest BCUT2D eigenvalue weighted by Crippen LogP contribution is -2.31. The summed E-state index contributed by atoms with van der Waals surface area (Å²) in [5.41, 5.74) is 10.1. The molecular weight excluding hydrogens is 150 g/mol. The number of amides is 2. The highest BCUT2D eigenvalue weighted by Gasteiger charge is 1.89. The average molecular weight is 163 g/mol. The van der Waals surface area contributed by atoms with Crippen molar-refractivity contribution in [2.75, 3.05) is 24.6 Å². The lowest BCUT2D eigenvalue weighted by Gasteiger charge is -1.99. The minimum absolute atomic E-state index is 0.464. The topological polar surface area (TPSA) is 81.1 Å². The summed E-state index contributed by atoms with van der Waals surface area (Å²) < 4.78 is 0. The van der Waals surface area contributed by atoms with Gasteiger partial charge in [0, 0.05) is 24.6 Å². The molecule has 5 heteroatoms. The van der Waals surface area contributed by atoms with Crippen LogP contribution in [0.5, 0.6) is 0 Å². The van der Waals surface area contributed by atoms with Gasteiger partial charge in [-0.25, -0.2) is 4.79 Å². The SMILES string of the molecule is NCCSCCNC(N)=O. The van der Waals surface area contributed by atoms with Gasteiger partial charge in [0.2, 0.25) is 0 Å². The zero-order valence-corrected chi connectivity index (χ0v) is 6.62. The minimum atomic E-state index is -0.464. The first-order valence-corrected chi connectivity index (χ1v) is 4.24. The largest absolute Gasteiger partial charge is 0.352 e. The van der Waals surface area contributed by atoms with Gasteiger partial charge in [0.1, 0.15) is 0 Å². The lowest BCUT2D eigenvalue weighted by atomic mass is 10.7. The van der Waals surface area contributed by atoms with Gasteiger partial charge in [0.15, 0.2) is 0 Å². The maximum atomic E-state index is 10.1. The predicted octanol–water partition coefficient (Wildman–Crippen LogP) is -0.653. The van der Waals surface area contributed by atoms with E-state index in [2.05, 4.69) is 5.32 Å². The average Bonchev–Trinajstić information content (AvgIpc) is 1.87. The fourth-order valence-corrected chi connectivity index (χ4v) is 1.05. The first kappa shape index (κ1) is 9.58. The maximum absolute atomic E-state index is 10.1. The Morgan fingerprint density at radius 2 is 2.20 bits per heavy atom. The number of primary amides is 1. The first-order valence-electron chi connectivity index (χ1n) is 3.08. The molecule has 0 saturated heterocycles. The molecule has 0 aromatic heterocycles. The Labute approximate surface area is 64.7 Å². The van der Waals surface area contributed by atoms with Crippen LogP contribution in [0.25, 0.3) is 0 Å². The summed E-state index contributed by atoms with van der Waals surface area (Å²) in [4.78, 5) is 10.1. The highest BCUT2D eigenvalue weighted by atomic mass is 32.2. The van der Waals surface area contributed by atoms with E-state index in [1.54, 1.807) is 11.8 Å². The first-order chi connectivity index (χ1) is 4.77. The van der Waals surface area contributed by atoms with Crippen LogP contribution in [0.2, 0.25) is 0 Å². The van der Waals surface area contributed by atoms with Crippen molar-refractivity contribution < 1.29 is 4.79 Å². The normalized spacial score (nSPS) is 9.30. The van der Waals surface area contributed by atoms with Crippen LogP contribution in [0.1, 0.15) is 0 Å². The number of nitrogens with one attached hydrogen (secondary N) is 1. The van der Waals surface area contributed by atoms with Gasteiger partial charge in [-0.15, -0.1) is 0 Å². The number of carbonyl (C=O) groups excluding carboxylic acids is 1. The Bertz CT molecular complexity index is 98.9. The van der Waals surface area contributed by atoms with Crippen molar-refractivity contribution >= 4 is 17.8 Å². The number of carbonyl (C=O) groups is 1. The highest BCUT2D eigenvalue weighted by Crippen LogP contribution is 1.94. The molecule has 10 heavy (non-hydrogen) atoms. The third-order valence-corrected chi connectivity index (χ3v) is 1.82. The second-order valence-corrected chi connectivity index (χ2v) is 2.92. The van der Waals surface area contributed by atoms with Crippen LogP contribution in [-0.2, 0) is 0 Å². The van der Waals surface area contributed by atoms with Crippen molar-refractivity contribution in [1.29, 1.82) is 0 Å². The van der Waals surface area contributed by atoms with E-state index in [9.17, 15) is 4.79 Å². The van der Waals surface area contributed by atoms with Crippen molar-refractivity contribution in [3.05, 3.63) is 0 Å². The van der Waals surface area contributed by atoms with Crippen LogP contribution in [0.4, 0.5) is 4.79 Å². The molecule has 4 nitrogen and oxygen atoms in total. The summed E-state index contributed by atoms with van der Waals surface area (Å²) in [6.45, 7) is 1.31. The number of nitrogens with two attached hydrogens (primary N) is 2. The molecule has 0 radical (unpaired) electrons. The van der Waals surface area contributed by atoms with Crippen LogP contribution < -0.4 is 16.8 Å². The molecular formula is C5H13N3OS. The van der Waals surface area contributed by atoms with E-state index in [4.69, 9.17) is 11.5 Å². The number of hydrogen-bond acceptors (Lipinski definition) is 3. The summed E-state index contributed by atoms with van der Waals surface area (Å²) >= 11 is 1.70. The van der Waals surface area contributed by atoms with Crippen LogP contribution in [-0.4, -0.2) is 30.6 Å². The van der Waals surface area contributed by atoms with Gasteiger partial charge in [-0.05, 0) is 0 Å². The molecule has 0 aromatic carbocycles. The van der Waals surface area contributed by atoms with E-state index < -0.39 is 6.03 Å². The van der Waals surface area contributed by atoms with E-state index in [0.29, 0.717) is 13.1 Å². The van der Waals surface area contributed by atoms with Gasteiger partial charge in [0.25, 0.3) is 0 Å². The van der Waals surface area contributed by atoms with E-state index in [1.165, 1.54) is 0 Å². The quantitative estimate of drug-likeness (QED) is 0.471. The van der Waals surface area contributed by atoms with Crippen molar-refractivity contribution in [3.8, 4) is 0 Å². The lowest BCUT2D eigenvalue weighted by molar-refractivity contribution is 0.249. The Morgan fingerprint density at radius 1 is 1.50 bits per heavy atom. The Morgan fingerprint density at radius 3 is 2.70 bits per heavy atom. The molecule has 2 amide bonds. The van der Waals surface area contributed by atoms with Crippen LogP contribution in [0.15, 0.2) is 0 Å². The van der Waals surface area contributed by atoms with Crippen LogP contribution >= 0.6 is 11.8 Å². The summed E-state index contributed by atoms with van der Waals surface area (Å²) in [7, 11) is 0. The van der Waals surface area contributed by atoms with Gasteiger partial charge in [-0.1, -0.05) is 0 Å². The summed E-state index contributed by atoms with van der Waals surface area (Å²) in [6, 6.07) is -0.464. The monoisotopic (exact) mass is 163 g/mol. The Kier molecular flexibility index (Phi) is 6.42. The van der Waals surface area contributed by atoms with E-state index in [1.807, 2.05) is 0 Å².